The Bertz CT molecular complexity index is 293. The molecule has 0 amide bonds. The van der Waals surface area contributed by atoms with Crippen LogP contribution in [0.2, 0.25) is 0 Å². The Kier molecular flexibility index (Phi) is 3.06. The van der Waals surface area contributed by atoms with Crippen LogP contribution in [0.3, 0.4) is 0 Å². The Morgan fingerprint density at radius 1 is 1.69 bits per heavy atom. The molecule has 0 radical (unpaired) electrons. The summed E-state index contributed by atoms with van der Waals surface area (Å²) in [5.74, 6) is 0.884. The zero-order chi connectivity index (χ0) is 9.84. The van der Waals surface area contributed by atoms with Crippen molar-refractivity contribution in [3.63, 3.8) is 0 Å². The van der Waals surface area contributed by atoms with Gasteiger partial charge in [-0.1, -0.05) is 6.92 Å². The molecule has 4 nitrogen and oxygen atoms in total. The molecule has 1 atom stereocenters. The fourth-order valence-corrected chi connectivity index (χ4v) is 1.25. The zero-order valence-corrected chi connectivity index (χ0v) is 7.82. The highest BCUT2D eigenvalue weighted by molar-refractivity contribution is 5.14. The monoisotopic (exact) mass is 183 g/mol. The molecule has 0 bridgehead atoms. The van der Waals surface area contributed by atoms with E-state index in [0.717, 1.165) is 11.3 Å². The van der Waals surface area contributed by atoms with E-state index in [1.807, 2.05) is 19.9 Å². The number of hydrogen-bond donors (Lipinski definition) is 0. The summed E-state index contributed by atoms with van der Waals surface area (Å²) >= 11 is 0. The van der Waals surface area contributed by atoms with Crippen LogP contribution in [0.4, 0.5) is 0 Å². The smallest absolute Gasteiger partial charge is 0.206 e. The Labute approximate surface area is 76.7 Å². The van der Waals surface area contributed by atoms with Crippen molar-refractivity contribution in [3.05, 3.63) is 33.8 Å². The highest BCUT2D eigenvalue weighted by Gasteiger charge is 2.13. The van der Waals surface area contributed by atoms with Gasteiger partial charge in [-0.15, -0.1) is 0 Å². The third-order valence-electron chi connectivity index (χ3n) is 1.96. The normalized spacial score (nSPS) is 12.8. The molecule has 0 N–H and O–H groups in total. The molecule has 0 aliphatic heterocycles. The maximum Gasteiger partial charge on any atom is 0.206 e. The SMILES string of the molecule is Cc1ccoc1C[C@H](C)C[N+](=O)[O-]. The molecule has 72 valence electrons. The van der Waals surface area contributed by atoms with E-state index < -0.39 is 0 Å². The molecular formula is C9H13NO3. The van der Waals surface area contributed by atoms with E-state index in [0.29, 0.717) is 6.42 Å². The summed E-state index contributed by atoms with van der Waals surface area (Å²) in [5.41, 5.74) is 1.06. The van der Waals surface area contributed by atoms with Crippen molar-refractivity contribution in [2.75, 3.05) is 6.54 Å². The number of hydrogen-bond acceptors (Lipinski definition) is 3. The second-order valence-electron chi connectivity index (χ2n) is 3.35. The van der Waals surface area contributed by atoms with Gasteiger partial charge in [0.1, 0.15) is 5.76 Å². The summed E-state index contributed by atoms with van der Waals surface area (Å²) in [6.45, 7) is 3.79. The lowest BCUT2D eigenvalue weighted by Gasteiger charge is -2.04. The van der Waals surface area contributed by atoms with E-state index in [-0.39, 0.29) is 17.4 Å². The van der Waals surface area contributed by atoms with Crippen LogP contribution in [0, 0.1) is 23.0 Å². The first-order chi connectivity index (χ1) is 6.09. The Hall–Kier alpha value is -1.32. The van der Waals surface area contributed by atoms with E-state index in [2.05, 4.69) is 0 Å². The summed E-state index contributed by atoms with van der Waals surface area (Å²) in [6.07, 6.45) is 2.25. The first-order valence-corrected chi connectivity index (χ1v) is 4.24. The molecule has 1 rings (SSSR count). The van der Waals surface area contributed by atoms with Crippen LogP contribution in [0.25, 0.3) is 0 Å². The number of rotatable bonds is 4. The van der Waals surface area contributed by atoms with Gasteiger partial charge in [0.15, 0.2) is 0 Å². The van der Waals surface area contributed by atoms with Crippen LogP contribution in [0.5, 0.6) is 0 Å². The average Bonchev–Trinajstić information content (AvgIpc) is 2.34. The minimum Gasteiger partial charge on any atom is -0.469 e. The maximum absolute atomic E-state index is 10.2. The molecule has 1 heterocycles. The summed E-state index contributed by atoms with van der Waals surface area (Å²) in [5, 5.41) is 10.2. The van der Waals surface area contributed by atoms with Crippen molar-refractivity contribution >= 4 is 0 Å². The van der Waals surface area contributed by atoms with Crippen LogP contribution in [-0.4, -0.2) is 11.5 Å². The largest absolute Gasteiger partial charge is 0.469 e. The van der Waals surface area contributed by atoms with Crippen molar-refractivity contribution in [1.29, 1.82) is 0 Å². The fraction of sp³-hybridized carbons (Fsp3) is 0.556. The minimum absolute atomic E-state index is 0.000139. The van der Waals surface area contributed by atoms with Crippen LogP contribution >= 0.6 is 0 Å². The third kappa shape index (κ3) is 2.89. The lowest BCUT2D eigenvalue weighted by atomic mass is 10.0. The van der Waals surface area contributed by atoms with Crippen LogP contribution in [0.1, 0.15) is 18.2 Å². The van der Waals surface area contributed by atoms with Crippen LogP contribution < -0.4 is 0 Å². The van der Waals surface area contributed by atoms with Gasteiger partial charge in [-0.25, -0.2) is 0 Å². The van der Waals surface area contributed by atoms with Gasteiger partial charge in [-0.2, -0.15) is 0 Å². The number of aryl methyl sites for hydroxylation is 1. The number of nitrogens with zero attached hydrogens (tertiary/aromatic N) is 1. The predicted molar refractivity (Wildman–Crippen MR) is 48.2 cm³/mol. The number of furan rings is 1. The summed E-state index contributed by atoms with van der Waals surface area (Å²) in [7, 11) is 0. The predicted octanol–water partition coefficient (Wildman–Crippen LogP) is 2.04. The molecule has 0 saturated heterocycles. The lowest BCUT2D eigenvalue weighted by Crippen LogP contribution is -2.13. The van der Waals surface area contributed by atoms with Crippen molar-refractivity contribution in [3.8, 4) is 0 Å². The molecule has 1 aromatic rings. The second-order valence-corrected chi connectivity index (χ2v) is 3.35. The Morgan fingerprint density at radius 2 is 2.38 bits per heavy atom. The highest BCUT2D eigenvalue weighted by Crippen LogP contribution is 2.14. The van der Waals surface area contributed by atoms with Gasteiger partial charge in [0.2, 0.25) is 6.54 Å². The van der Waals surface area contributed by atoms with Crippen molar-refractivity contribution < 1.29 is 9.34 Å². The highest BCUT2D eigenvalue weighted by atomic mass is 16.6. The first-order valence-electron chi connectivity index (χ1n) is 4.24. The van der Waals surface area contributed by atoms with E-state index in [1.54, 1.807) is 6.26 Å². The van der Waals surface area contributed by atoms with Gasteiger partial charge < -0.3 is 4.42 Å². The molecule has 0 aliphatic rings. The summed E-state index contributed by atoms with van der Waals surface area (Å²) in [6, 6.07) is 1.87. The molecule has 0 saturated carbocycles. The minimum atomic E-state index is -0.289. The van der Waals surface area contributed by atoms with E-state index in [9.17, 15) is 10.1 Å². The third-order valence-corrected chi connectivity index (χ3v) is 1.96. The summed E-state index contributed by atoms with van der Waals surface area (Å²) < 4.78 is 5.19. The zero-order valence-electron chi connectivity index (χ0n) is 7.82. The topological polar surface area (TPSA) is 56.3 Å². The van der Waals surface area contributed by atoms with Gasteiger partial charge >= 0.3 is 0 Å². The maximum atomic E-state index is 10.2. The molecular weight excluding hydrogens is 170 g/mol. The summed E-state index contributed by atoms with van der Waals surface area (Å²) in [4.78, 5) is 9.91. The van der Waals surface area contributed by atoms with Crippen molar-refractivity contribution in [2.45, 2.75) is 20.3 Å². The van der Waals surface area contributed by atoms with Gasteiger partial charge in [0.25, 0.3) is 0 Å². The van der Waals surface area contributed by atoms with Gasteiger partial charge in [0.05, 0.1) is 6.26 Å². The van der Waals surface area contributed by atoms with Gasteiger partial charge in [-0.3, -0.25) is 10.1 Å². The van der Waals surface area contributed by atoms with Crippen molar-refractivity contribution in [1.82, 2.24) is 0 Å². The van der Waals surface area contributed by atoms with E-state index in [1.165, 1.54) is 0 Å². The molecule has 4 heteroatoms. The van der Waals surface area contributed by atoms with Crippen LogP contribution in [0.15, 0.2) is 16.7 Å². The quantitative estimate of drug-likeness (QED) is 0.530. The standard InChI is InChI=1S/C9H13NO3/c1-7(6-10(11)12)5-9-8(2)3-4-13-9/h3-4,7H,5-6H2,1-2H3/t7-/m0/s1. The van der Waals surface area contributed by atoms with E-state index in [4.69, 9.17) is 4.42 Å². The second kappa shape index (κ2) is 4.07. The average molecular weight is 183 g/mol. The molecule has 0 fully saturated rings. The van der Waals surface area contributed by atoms with Crippen LogP contribution in [-0.2, 0) is 6.42 Å². The molecule has 0 aliphatic carbocycles. The molecule has 13 heavy (non-hydrogen) atoms. The Balaban J connectivity index is 2.49. The van der Waals surface area contributed by atoms with Crippen molar-refractivity contribution in [2.24, 2.45) is 5.92 Å². The lowest BCUT2D eigenvalue weighted by molar-refractivity contribution is -0.487. The first kappa shape index (κ1) is 9.77. The molecule has 0 aromatic carbocycles. The molecule has 0 spiro atoms. The fourth-order valence-electron chi connectivity index (χ4n) is 1.25. The van der Waals surface area contributed by atoms with Gasteiger partial charge in [0, 0.05) is 17.3 Å². The number of nitro groups is 1. The molecule has 1 aromatic heterocycles. The Morgan fingerprint density at radius 3 is 2.85 bits per heavy atom. The van der Waals surface area contributed by atoms with E-state index >= 15 is 0 Å². The molecule has 0 unspecified atom stereocenters. The van der Waals surface area contributed by atoms with Gasteiger partial charge in [-0.05, 0) is 18.6 Å².